The van der Waals surface area contributed by atoms with Gasteiger partial charge in [-0.05, 0) is 25.1 Å². The number of carbonyl (C=O) groups is 1. The molecule has 154 valence electrons. The predicted octanol–water partition coefficient (Wildman–Crippen LogP) is 3.29. The maximum Gasteiger partial charge on any atom is 0.416 e. The molecule has 3 N–H and O–H groups in total. The van der Waals surface area contributed by atoms with E-state index in [1.807, 2.05) is 0 Å². The molecule has 6 nitrogen and oxygen atoms in total. The number of halogens is 5. The highest BCUT2D eigenvalue weighted by Crippen LogP contribution is 2.31. The normalized spacial score (nSPS) is 17.4. The molecule has 3 rings (SSSR count). The molecule has 2 aromatic rings. The smallest absolute Gasteiger partial charge is 0.399 e. The SMILES string of the molecule is CC1CC(Nc2ncc(F)cn2)=C(N)CN1C(=O)c1cc(C(F)(F)F)ccc1F. The zero-order valence-corrected chi connectivity index (χ0v) is 15.1. The Labute approximate surface area is 162 Å². The Morgan fingerprint density at radius 2 is 1.90 bits per heavy atom. The molecule has 1 unspecified atom stereocenters. The van der Waals surface area contributed by atoms with Crippen LogP contribution in [0.25, 0.3) is 0 Å². The van der Waals surface area contributed by atoms with Crippen LogP contribution in [0.4, 0.5) is 27.9 Å². The maximum absolute atomic E-state index is 14.1. The van der Waals surface area contributed by atoms with E-state index < -0.39 is 40.9 Å². The van der Waals surface area contributed by atoms with Gasteiger partial charge in [0.05, 0.1) is 30.1 Å². The first-order chi connectivity index (χ1) is 13.6. The molecule has 1 aliphatic rings. The summed E-state index contributed by atoms with van der Waals surface area (Å²) in [6.07, 6.45) is -2.59. The first kappa shape index (κ1) is 20.5. The lowest BCUT2D eigenvalue weighted by Crippen LogP contribution is -2.46. The quantitative estimate of drug-likeness (QED) is 0.755. The van der Waals surface area contributed by atoms with Crippen molar-refractivity contribution in [3.05, 3.63) is 64.7 Å². The Morgan fingerprint density at radius 1 is 1.24 bits per heavy atom. The van der Waals surface area contributed by atoms with Gasteiger partial charge in [0.15, 0.2) is 5.82 Å². The predicted molar refractivity (Wildman–Crippen MR) is 93.3 cm³/mol. The fourth-order valence-electron chi connectivity index (χ4n) is 2.91. The summed E-state index contributed by atoms with van der Waals surface area (Å²) in [5, 5.41) is 2.83. The van der Waals surface area contributed by atoms with E-state index in [1.54, 1.807) is 6.92 Å². The van der Waals surface area contributed by atoms with Crippen LogP contribution in [0.1, 0.15) is 29.3 Å². The zero-order valence-electron chi connectivity index (χ0n) is 15.1. The molecule has 11 heteroatoms. The summed E-state index contributed by atoms with van der Waals surface area (Å²) in [6.45, 7) is 1.50. The summed E-state index contributed by atoms with van der Waals surface area (Å²) in [6, 6.07) is 1.17. The van der Waals surface area contributed by atoms with Crippen LogP contribution in [0.2, 0.25) is 0 Å². The van der Waals surface area contributed by atoms with E-state index >= 15 is 0 Å². The van der Waals surface area contributed by atoms with Crippen molar-refractivity contribution in [1.29, 1.82) is 0 Å². The van der Waals surface area contributed by atoms with Gasteiger partial charge in [-0.1, -0.05) is 0 Å². The Balaban J connectivity index is 1.83. The highest BCUT2D eigenvalue weighted by Gasteiger charge is 2.34. The van der Waals surface area contributed by atoms with Crippen LogP contribution in [0.15, 0.2) is 42.0 Å². The van der Waals surface area contributed by atoms with Gasteiger partial charge in [0, 0.05) is 23.9 Å². The van der Waals surface area contributed by atoms with E-state index in [1.165, 1.54) is 4.90 Å². The van der Waals surface area contributed by atoms with Gasteiger partial charge in [0.1, 0.15) is 5.82 Å². The van der Waals surface area contributed by atoms with E-state index in [4.69, 9.17) is 5.73 Å². The molecule has 0 aliphatic carbocycles. The molecule has 0 radical (unpaired) electrons. The molecule has 1 aromatic heterocycles. The summed E-state index contributed by atoms with van der Waals surface area (Å²) < 4.78 is 65.7. The summed E-state index contributed by atoms with van der Waals surface area (Å²) in [7, 11) is 0. The molecule has 2 heterocycles. The number of benzene rings is 1. The topological polar surface area (TPSA) is 84.1 Å². The summed E-state index contributed by atoms with van der Waals surface area (Å²) in [5.74, 6) is -2.47. The number of nitrogens with one attached hydrogen (secondary N) is 1. The van der Waals surface area contributed by atoms with Gasteiger partial charge in [-0.15, -0.1) is 0 Å². The van der Waals surface area contributed by atoms with Gasteiger partial charge in [-0.25, -0.2) is 18.7 Å². The molecule has 0 saturated heterocycles. The third kappa shape index (κ3) is 4.44. The number of carbonyl (C=O) groups excluding carboxylic acids is 1. The van der Waals surface area contributed by atoms with Gasteiger partial charge < -0.3 is 16.0 Å². The second-order valence-electron chi connectivity index (χ2n) is 6.53. The Morgan fingerprint density at radius 3 is 2.52 bits per heavy atom. The number of alkyl halides is 3. The number of anilines is 1. The van der Waals surface area contributed by atoms with Crippen molar-refractivity contribution in [2.24, 2.45) is 5.73 Å². The van der Waals surface area contributed by atoms with Gasteiger partial charge in [0.2, 0.25) is 5.95 Å². The molecule has 0 fully saturated rings. The molecular weight excluding hydrogens is 397 g/mol. The first-order valence-corrected chi connectivity index (χ1v) is 8.46. The lowest BCUT2D eigenvalue weighted by molar-refractivity contribution is -0.137. The van der Waals surface area contributed by atoms with E-state index in [0.717, 1.165) is 12.4 Å². The average molecular weight is 413 g/mol. The van der Waals surface area contributed by atoms with E-state index in [2.05, 4.69) is 15.3 Å². The van der Waals surface area contributed by atoms with Crippen LogP contribution in [-0.2, 0) is 6.18 Å². The number of nitrogens with zero attached hydrogens (tertiary/aromatic N) is 3. The number of rotatable bonds is 3. The van der Waals surface area contributed by atoms with Crippen molar-refractivity contribution in [1.82, 2.24) is 14.9 Å². The Hall–Kier alpha value is -3.24. The highest BCUT2D eigenvalue weighted by atomic mass is 19.4. The maximum atomic E-state index is 14.1. The van der Waals surface area contributed by atoms with Crippen molar-refractivity contribution in [3.8, 4) is 0 Å². The fourth-order valence-corrected chi connectivity index (χ4v) is 2.91. The third-order valence-corrected chi connectivity index (χ3v) is 4.43. The molecule has 1 aromatic carbocycles. The van der Waals surface area contributed by atoms with E-state index in [9.17, 15) is 26.7 Å². The van der Waals surface area contributed by atoms with Crippen LogP contribution in [0.3, 0.4) is 0 Å². The Kier molecular flexibility index (Phi) is 5.40. The molecule has 0 spiro atoms. The number of hydrogen-bond acceptors (Lipinski definition) is 5. The lowest BCUT2D eigenvalue weighted by atomic mass is 10.0. The van der Waals surface area contributed by atoms with Gasteiger partial charge in [-0.2, -0.15) is 13.2 Å². The lowest BCUT2D eigenvalue weighted by Gasteiger charge is -2.35. The monoisotopic (exact) mass is 413 g/mol. The minimum absolute atomic E-state index is 0.0975. The third-order valence-electron chi connectivity index (χ3n) is 4.43. The van der Waals surface area contributed by atoms with Gasteiger partial charge in [-0.3, -0.25) is 4.79 Å². The van der Waals surface area contributed by atoms with Crippen molar-refractivity contribution in [2.75, 3.05) is 11.9 Å². The van der Waals surface area contributed by atoms with Gasteiger partial charge in [0.25, 0.3) is 5.91 Å². The Bertz CT molecular complexity index is 958. The average Bonchev–Trinajstić information content (AvgIpc) is 2.65. The van der Waals surface area contributed by atoms with Crippen LogP contribution in [0.5, 0.6) is 0 Å². The number of nitrogens with two attached hydrogens (primary N) is 1. The summed E-state index contributed by atoms with van der Waals surface area (Å²) >= 11 is 0. The summed E-state index contributed by atoms with van der Waals surface area (Å²) in [4.78, 5) is 21.4. The van der Waals surface area contributed by atoms with Crippen LogP contribution >= 0.6 is 0 Å². The minimum Gasteiger partial charge on any atom is -0.399 e. The van der Waals surface area contributed by atoms with Crippen molar-refractivity contribution >= 4 is 11.9 Å². The van der Waals surface area contributed by atoms with Crippen LogP contribution < -0.4 is 11.1 Å². The summed E-state index contributed by atoms with van der Waals surface area (Å²) in [5.41, 5.74) is 4.87. The van der Waals surface area contributed by atoms with Crippen LogP contribution in [-0.4, -0.2) is 33.4 Å². The highest BCUT2D eigenvalue weighted by molar-refractivity contribution is 5.95. The molecule has 0 saturated carbocycles. The van der Waals surface area contributed by atoms with Crippen molar-refractivity contribution in [3.63, 3.8) is 0 Å². The second kappa shape index (κ2) is 7.64. The van der Waals surface area contributed by atoms with Crippen molar-refractivity contribution < 1.29 is 26.7 Å². The molecule has 1 atom stereocenters. The zero-order chi connectivity index (χ0) is 21.3. The molecular formula is C18H16F5N5O. The van der Waals surface area contributed by atoms with E-state index in [0.29, 0.717) is 23.9 Å². The van der Waals surface area contributed by atoms with Crippen LogP contribution in [0, 0.1) is 11.6 Å². The molecule has 29 heavy (non-hydrogen) atoms. The largest absolute Gasteiger partial charge is 0.416 e. The molecule has 0 bridgehead atoms. The number of amides is 1. The first-order valence-electron chi connectivity index (χ1n) is 8.46. The van der Waals surface area contributed by atoms with Gasteiger partial charge >= 0.3 is 6.18 Å². The van der Waals surface area contributed by atoms with E-state index in [-0.39, 0.29) is 24.6 Å². The molecule has 1 aliphatic heterocycles. The standard InChI is InChI=1S/C18H16F5N5O/c1-9-4-15(27-17-25-6-11(19)7-26-17)14(24)8-28(9)16(29)12-5-10(18(21,22)23)2-3-13(12)20/h2-3,5-7,9H,4,8,24H2,1H3,(H,25,26,27). The number of aromatic nitrogens is 2. The number of hydrogen-bond donors (Lipinski definition) is 2. The van der Waals surface area contributed by atoms with Crippen molar-refractivity contribution in [2.45, 2.75) is 25.6 Å². The molecule has 1 amide bonds. The second-order valence-corrected chi connectivity index (χ2v) is 6.53. The minimum atomic E-state index is -4.71. The fraction of sp³-hybridized carbons (Fsp3) is 0.278.